The predicted molar refractivity (Wildman–Crippen MR) is 26.5 cm³/mol. The molecule has 0 aliphatic carbocycles. The summed E-state index contributed by atoms with van der Waals surface area (Å²) in [5.41, 5.74) is 2.68. The topological polar surface area (TPSA) is 21.3 Å². The number of hydrogen-bond acceptors (Lipinski definition) is 3. The Labute approximate surface area is 42.2 Å². The maximum absolute atomic E-state index is 4.73. The molecule has 1 heterocycles. The van der Waals surface area contributed by atoms with Crippen LogP contribution in [-0.2, 0) is 4.84 Å². The molecule has 1 unspecified atom stereocenters. The summed E-state index contributed by atoms with van der Waals surface area (Å²) in [5, 5.41) is 0.269. The van der Waals surface area contributed by atoms with Crippen LogP contribution < -0.4 is 5.48 Å². The van der Waals surface area contributed by atoms with E-state index in [0.717, 1.165) is 13.0 Å². The Kier molecular flexibility index (Phi) is 1.34. The van der Waals surface area contributed by atoms with Crippen LogP contribution in [0.4, 0.5) is 0 Å². The van der Waals surface area contributed by atoms with Gasteiger partial charge in [-0.15, -0.1) is 0 Å². The first-order valence-electron chi connectivity index (χ1n) is 1.95. The molecule has 1 saturated heterocycles. The zero-order valence-corrected chi connectivity index (χ0v) is 4.24. The minimum absolute atomic E-state index is 0.269. The molecule has 0 aromatic heterocycles. The molecule has 0 saturated carbocycles. The van der Waals surface area contributed by atoms with E-state index in [1.54, 1.807) is 0 Å². The van der Waals surface area contributed by atoms with Gasteiger partial charge in [-0.3, -0.25) is 0 Å². The Morgan fingerprint density at radius 3 is 2.83 bits per heavy atom. The van der Waals surface area contributed by atoms with Crippen molar-refractivity contribution >= 4 is 12.6 Å². The number of hydrogen-bond donors (Lipinski definition) is 2. The number of rotatable bonds is 0. The van der Waals surface area contributed by atoms with E-state index in [4.69, 9.17) is 4.84 Å². The van der Waals surface area contributed by atoms with Crippen LogP contribution in [-0.4, -0.2) is 12.0 Å². The van der Waals surface area contributed by atoms with Crippen LogP contribution in [0.3, 0.4) is 0 Å². The van der Waals surface area contributed by atoms with Gasteiger partial charge in [0.05, 0.1) is 12.0 Å². The van der Waals surface area contributed by atoms with Gasteiger partial charge in [-0.2, -0.15) is 18.1 Å². The third kappa shape index (κ3) is 0.864. The Hall–Kier alpha value is 0.270. The van der Waals surface area contributed by atoms with Gasteiger partial charge < -0.3 is 4.84 Å². The smallest absolute Gasteiger partial charge is 0.0768 e. The summed E-state index contributed by atoms with van der Waals surface area (Å²) in [7, 11) is 0. The van der Waals surface area contributed by atoms with Gasteiger partial charge in [0, 0.05) is 0 Å². The summed E-state index contributed by atoms with van der Waals surface area (Å²) >= 11 is 4.06. The average Bonchev–Trinajstić information content (AvgIpc) is 1.86. The lowest BCUT2D eigenvalue weighted by molar-refractivity contribution is 0.0991. The molecule has 0 amide bonds. The number of hydroxylamine groups is 1. The molecule has 1 rings (SSSR count). The first-order valence-corrected chi connectivity index (χ1v) is 2.46. The van der Waals surface area contributed by atoms with E-state index in [1.165, 1.54) is 0 Å². The van der Waals surface area contributed by atoms with Crippen LogP contribution in [0.15, 0.2) is 0 Å². The third-order valence-electron chi connectivity index (χ3n) is 0.713. The van der Waals surface area contributed by atoms with Crippen LogP contribution >= 0.6 is 12.6 Å². The summed E-state index contributed by atoms with van der Waals surface area (Å²) < 4.78 is 0. The van der Waals surface area contributed by atoms with Crippen LogP contribution in [0, 0.1) is 0 Å². The maximum atomic E-state index is 4.73. The second kappa shape index (κ2) is 1.82. The molecule has 0 radical (unpaired) electrons. The van der Waals surface area contributed by atoms with Gasteiger partial charge in [-0.05, 0) is 6.42 Å². The van der Waals surface area contributed by atoms with Gasteiger partial charge in [-0.25, -0.2) is 0 Å². The zero-order valence-electron chi connectivity index (χ0n) is 3.35. The largest absolute Gasteiger partial charge is 0.301 e. The number of thiol groups is 1. The van der Waals surface area contributed by atoms with Gasteiger partial charge >= 0.3 is 0 Å². The molecule has 0 bridgehead atoms. The van der Waals surface area contributed by atoms with Crippen molar-refractivity contribution in [2.24, 2.45) is 0 Å². The fraction of sp³-hybridized carbons (Fsp3) is 1.00. The summed E-state index contributed by atoms with van der Waals surface area (Å²) in [4.78, 5) is 4.73. The molecule has 6 heavy (non-hydrogen) atoms. The first kappa shape index (κ1) is 4.43. The molecule has 2 nitrogen and oxygen atoms in total. The van der Waals surface area contributed by atoms with E-state index in [1.807, 2.05) is 0 Å². The molecular weight excluding hydrogens is 98.1 g/mol. The lowest BCUT2D eigenvalue weighted by Crippen LogP contribution is -2.11. The highest BCUT2D eigenvalue weighted by Gasteiger charge is 2.07. The van der Waals surface area contributed by atoms with Gasteiger partial charge in [0.15, 0.2) is 0 Å². The predicted octanol–water partition coefficient (Wildman–Crippen LogP) is 0.167. The molecule has 3 heteroatoms. The van der Waals surface area contributed by atoms with Crippen LogP contribution in [0.25, 0.3) is 0 Å². The zero-order chi connectivity index (χ0) is 4.41. The molecule has 0 aromatic rings. The van der Waals surface area contributed by atoms with E-state index >= 15 is 0 Å². The second-order valence-electron chi connectivity index (χ2n) is 1.27. The SMILES string of the molecule is SC1CCON1. The Morgan fingerprint density at radius 2 is 2.67 bits per heavy atom. The fourth-order valence-electron chi connectivity index (χ4n) is 0.385. The van der Waals surface area contributed by atoms with E-state index in [0.29, 0.717) is 0 Å². The third-order valence-corrected chi connectivity index (χ3v) is 1.08. The molecule has 1 atom stereocenters. The van der Waals surface area contributed by atoms with Crippen molar-refractivity contribution in [2.45, 2.75) is 11.8 Å². The summed E-state index contributed by atoms with van der Waals surface area (Å²) in [5.74, 6) is 0. The molecule has 0 aromatic carbocycles. The highest BCUT2D eigenvalue weighted by atomic mass is 32.1. The molecule has 1 aliphatic rings. The highest BCUT2D eigenvalue weighted by molar-refractivity contribution is 7.80. The van der Waals surface area contributed by atoms with Crippen molar-refractivity contribution in [2.75, 3.05) is 6.61 Å². The van der Waals surface area contributed by atoms with Crippen molar-refractivity contribution in [3.63, 3.8) is 0 Å². The van der Waals surface area contributed by atoms with Crippen LogP contribution in [0.2, 0.25) is 0 Å². The van der Waals surface area contributed by atoms with Crippen LogP contribution in [0.1, 0.15) is 6.42 Å². The van der Waals surface area contributed by atoms with E-state index in [2.05, 4.69) is 18.1 Å². The van der Waals surface area contributed by atoms with Crippen molar-refractivity contribution < 1.29 is 4.84 Å². The number of nitrogens with one attached hydrogen (secondary N) is 1. The lowest BCUT2D eigenvalue weighted by Gasteiger charge is -1.92. The van der Waals surface area contributed by atoms with Crippen molar-refractivity contribution in [1.82, 2.24) is 5.48 Å². The molecule has 1 N–H and O–H groups in total. The van der Waals surface area contributed by atoms with Crippen molar-refractivity contribution in [3.05, 3.63) is 0 Å². The van der Waals surface area contributed by atoms with Gasteiger partial charge in [0.2, 0.25) is 0 Å². The lowest BCUT2D eigenvalue weighted by atomic mass is 10.5. The molecule has 1 fully saturated rings. The van der Waals surface area contributed by atoms with Gasteiger partial charge in [-0.1, -0.05) is 0 Å². The molecular formula is C3H7NOS. The van der Waals surface area contributed by atoms with Crippen molar-refractivity contribution in [1.29, 1.82) is 0 Å². The Bertz CT molecular complexity index is 44.1. The fourth-order valence-corrected chi connectivity index (χ4v) is 0.565. The monoisotopic (exact) mass is 105 g/mol. The molecule has 0 spiro atoms. The Morgan fingerprint density at radius 1 is 1.83 bits per heavy atom. The summed E-state index contributed by atoms with van der Waals surface area (Å²) in [6.07, 6.45) is 1.02. The quantitative estimate of drug-likeness (QED) is 0.428. The minimum atomic E-state index is 0.269. The average molecular weight is 105 g/mol. The van der Waals surface area contributed by atoms with E-state index in [-0.39, 0.29) is 5.37 Å². The summed E-state index contributed by atoms with van der Waals surface area (Å²) in [6, 6.07) is 0. The minimum Gasteiger partial charge on any atom is -0.301 e. The van der Waals surface area contributed by atoms with E-state index in [9.17, 15) is 0 Å². The van der Waals surface area contributed by atoms with Crippen LogP contribution in [0.5, 0.6) is 0 Å². The molecule has 1 aliphatic heterocycles. The van der Waals surface area contributed by atoms with E-state index < -0.39 is 0 Å². The first-order chi connectivity index (χ1) is 2.89. The standard InChI is InChI=1S/C3H7NOS/c6-3-1-2-5-4-3/h3-4,6H,1-2H2. The van der Waals surface area contributed by atoms with Gasteiger partial charge in [0.25, 0.3) is 0 Å². The second-order valence-corrected chi connectivity index (χ2v) is 1.89. The Balaban J connectivity index is 2.18. The highest BCUT2D eigenvalue weighted by Crippen LogP contribution is 2.02. The van der Waals surface area contributed by atoms with Crippen molar-refractivity contribution in [3.8, 4) is 0 Å². The molecule has 36 valence electrons. The normalized spacial score (nSPS) is 34.5. The van der Waals surface area contributed by atoms with Gasteiger partial charge in [0.1, 0.15) is 0 Å². The maximum Gasteiger partial charge on any atom is 0.0768 e. The summed E-state index contributed by atoms with van der Waals surface area (Å²) in [6.45, 7) is 0.800.